The van der Waals surface area contributed by atoms with Crippen molar-refractivity contribution in [2.45, 2.75) is 19.7 Å². The molecule has 10 heavy (non-hydrogen) atoms. The summed E-state index contributed by atoms with van der Waals surface area (Å²) in [6.07, 6.45) is 1.52. The zero-order valence-corrected chi connectivity index (χ0v) is 6.17. The van der Waals surface area contributed by atoms with Crippen LogP contribution in [0.2, 0.25) is 0 Å². The maximum Gasteiger partial charge on any atom is 0.0738 e. The molecule has 0 bridgehead atoms. The highest BCUT2D eigenvalue weighted by molar-refractivity contribution is 6.08. The van der Waals surface area contributed by atoms with Gasteiger partial charge in [-0.3, -0.25) is 4.98 Å². The third-order valence-electron chi connectivity index (χ3n) is 1.44. The summed E-state index contributed by atoms with van der Waals surface area (Å²) in [5.74, 6) is 0. The van der Waals surface area contributed by atoms with Crippen molar-refractivity contribution in [3.63, 3.8) is 0 Å². The first-order valence-electron chi connectivity index (χ1n) is 3.51. The van der Waals surface area contributed by atoms with Crippen molar-refractivity contribution in [3.05, 3.63) is 29.6 Å². The molecule has 1 heterocycles. The molecular weight excluding hydrogens is 121 g/mol. The first-order chi connectivity index (χ1) is 4.86. The number of aryl methyl sites for hydroxylation is 1. The highest BCUT2D eigenvalue weighted by atomic mass is 14.7. The average molecular weight is 131 g/mol. The van der Waals surface area contributed by atoms with Gasteiger partial charge in [-0.25, -0.2) is 0 Å². The maximum atomic E-state index is 5.41. The molecule has 0 atom stereocenters. The van der Waals surface area contributed by atoms with Crippen LogP contribution in [0.3, 0.4) is 0 Å². The molecule has 0 N–H and O–H groups in total. The lowest BCUT2D eigenvalue weighted by Gasteiger charge is -1.97. The van der Waals surface area contributed by atoms with E-state index in [1.807, 2.05) is 18.2 Å². The van der Waals surface area contributed by atoms with Crippen LogP contribution >= 0.6 is 0 Å². The number of pyridine rings is 1. The Morgan fingerprint density at radius 3 is 2.70 bits per heavy atom. The first-order valence-corrected chi connectivity index (χ1v) is 3.51. The zero-order chi connectivity index (χ0) is 7.40. The summed E-state index contributed by atoms with van der Waals surface area (Å²) >= 11 is 0. The van der Waals surface area contributed by atoms with E-state index in [1.165, 1.54) is 0 Å². The van der Waals surface area contributed by atoms with Gasteiger partial charge in [-0.05, 0) is 24.9 Å². The molecule has 0 saturated heterocycles. The van der Waals surface area contributed by atoms with Gasteiger partial charge in [0, 0.05) is 11.4 Å². The Morgan fingerprint density at radius 2 is 2.10 bits per heavy atom. The standard InChI is InChI=1S/C8H10BN/c1-2-7-4-3-5-8(6-9)10-7/h3-5H,2,6H2,1H3. The number of nitrogens with zero attached hydrogens (tertiary/aromatic N) is 1. The largest absolute Gasteiger partial charge is 0.259 e. The summed E-state index contributed by atoms with van der Waals surface area (Å²) < 4.78 is 0. The van der Waals surface area contributed by atoms with Gasteiger partial charge in [0.2, 0.25) is 0 Å². The summed E-state index contributed by atoms with van der Waals surface area (Å²) in [6.45, 7) is 2.09. The number of rotatable bonds is 2. The highest BCUT2D eigenvalue weighted by Gasteiger charge is 1.90. The van der Waals surface area contributed by atoms with Gasteiger partial charge < -0.3 is 0 Å². The Morgan fingerprint density at radius 1 is 1.40 bits per heavy atom. The lowest BCUT2D eigenvalue weighted by atomic mass is 10.0. The Balaban J connectivity index is 2.87. The van der Waals surface area contributed by atoms with Crippen molar-refractivity contribution in [2.75, 3.05) is 0 Å². The van der Waals surface area contributed by atoms with Gasteiger partial charge >= 0.3 is 0 Å². The van der Waals surface area contributed by atoms with Crippen LogP contribution in [0.4, 0.5) is 0 Å². The van der Waals surface area contributed by atoms with E-state index in [0.29, 0.717) is 6.32 Å². The van der Waals surface area contributed by atoms with Gasteiger partial charge in [-0.15, -0.1) is 0 Å². The predicted octanol–water partition coefficient (Wildman–Crippen LogP) is 1.31. The summed E-state index contributed by atoms with van der Waals surface area (Å²) in [7, 11) is 5.41. The molecular formula is C8H10BN. The fourth-order valence-corrected chi connectivity index (χ4v) is 0.840. The van der Waals surface area contributed by atoms with Crippen molar-refractivity contribution in [3.8, 4) is 0 Å². The summed E-state index contributed by atoms with van der Waals surface area (Å²) in [5, 5.41) is 0. The van der Waals surface area contributed by atoms with Gasteiger partial charge in [0.05, 0.1) is 7.85 Å². The second-order valence-corrected chi connectivity index (χ2v) is 2.18. The van der Waals surface area contributed by atoms with Crippen molar-refractivity contribution >= 4 is 7.85 Å². The summed E-state index contributed by atoms with van der Waals surface area (Å²) in [6, 6.07) is 5.95. The summed E-state index contributed by atoms with van der Waals surface area (Å²) in [4.78, 5) is 4.28. The van der Waals surface area contributed by atoms with E-state index in [-0.39, 0.29) is 0 Å². The molecule has 1 aromatic rings. The molecule has 0 saturated carbocycles. The quantitative estimate of drug-likeness (QED) is 0.551. The molecule has 0 aliphatic heterocycles. The van der Waals surface area contributed by atoms with E-state index in [2.05, 4.69) is 11.9 Å². The Hall–Kier alpha value is -0.785. The topological polar surface area (TPSA) is 12.9 Å². The predicted molar refractivity (Wildman–Crippen MR) is 43.1 cm³/mol. The first kappa shape index (κ1) is 7.32. The van der Waals surface area contributed by atoms with E-state index < -0.39 is 0 Å². The monoisotopic (exact) mass is 131 g/mol. The van der Waals surface area contributed by atoms with Crippen molar-refractivity contribution in [1.29, 1.82) is 0 Å². The van der Waals surface area contributed by atoms with Crippen LogP contribution in [0.1, 0.15) is 18.3 Å². The van der Waals surface area contributed by atoms with Crippen LogP contribution in [0.15, 0.2) is 18.2 Å². The van der Waals surface area contributed by atoms with Crippen LogP contribution in [-0.4, -0.2) is 12.8 Å². The van der Waals surface area contributed by atoms with Crippen LogP contribution in [0.25, 0.3) is 0 Å². The molecule has 0 fully saturated rings. The molecule has 50 valence electrons. The van der Waals surface area contributed by atoms with E-state index >= 15 is 0 Å². The Labute approximate surface area is 62.9 Å². The van der Waals surface area contributed by atoms with Crippen molar-refractivity contribution in [2.24, 2.45) is 0 Å². The molecule has 0 unspecified atom stereocenters. The molecule has 1 nitrogen and oxygen atoms in total. The van der Waals surface area contributed by atoms with Gasteiger partial charge in [-0.1, -0.05) is 13.0 Å². The van der Waals surface area contributed by atoms with Gasteiger partial charge in [0.1, 0.15) is 0 Å². The molecule has 2 radical (unpaired) electrons. The fourth-order valence-electron chi connectivity index (χ4n) is 0.840. The number of aromatic nitrogens is 1. The molecule has 1 rings (SSSR count). The maximum absolute atomic E-state index is 5.41. The third kappa shape index (κ3) is 1.60. The van der Waals surface area contributed by atoms with Gasteiger partial charge in [0.25, 0.3) is 0 Å². The zero-order valence-electron chi connectivity index (χ0n) is 6.17. The van der Waals surface area contributed by atoms with Crippen LogP contribution in [0, 0.1) is 0 Å². The minimum Gasteiger partial charge on any atom is -0.259 e. The molecule has 0 aromatic carbocycles. The highest BCUT2D eigenvalue weighted by Crippen LogP contribution is 1.98. The van der Waals surface area contributed by atoms with Crippen molar-refractivity contribution in [1.82, 2.24) is 4.98 Å². The number of hydrogen-bond acceptors (Lipinski definition) is 1. The fraction of sp³-hybridized carbons (Fsp3) is 0.375. The van der Waals surface area contributed by atoms with Crippen molar-refractivity contribution < 1.29 is 0 Å². The third-order valence-corrected chi connectivity index (χ3v) is 1.44. The Bertz CT molecular complexity index is 191. The molecule has 0 spiro atoms. The minimum atomic E-state index is 0.536. The SMILES string of the molecule is [B]Cc1cccc(CC)n1. The van der Waals surface area contributed by atoms with E-state index in [4.69, 9.17) is 7.85 Å². The van der Waals surface area contributed by atoms with E-state index in [1.54, 1.807) is 0 Å². The lowest BCUT2D eigenvalue weighted by molar-refractivity contribution is 0.998. The van der Waals surface area contributed by atoms with Gasteiger partial charge in [-0.2, -0.15) is 0 Å². The lowest BCUT2D eigenvalue weighted by Crippen LogP contribution is -1.93. The molecule has 0 aliphatic rings. The molecule has 2 heteroatoms. The number of hydrogen-bond donors (Lipinski definition) is 0. The minimum absolute atomic E-state index is 0.536. The van der Waals surface area contributed by atoms with E-state index in [0.717, 1.165) is 17.8 Å². The average Bonchev–Trinajstić information content (AvgIpc) is 2.05. The van der Waals surface area contributed by atoms with Crippen LogP contribution in [-0.2, 0) is 12.7 Å². The van der Waals surface area contributed by atoms with Crippen LogP contribution in [0.5, 0.6) is 0 Å². The summed E-state index contributed by atoms with van der Waals surface area (Å²) in [5.41, 5.74) is 2.09. The molecule has 0 aliphatic carbocycles. The normalized spacial score (nSPS) is 9.70. The Kier molecular flexibility index (Phi) is 2.49. The van der Waals surface area contributed by atoms with Crippen LogP contribution < -0.4 is 0 Å². The smallest absolute Gasteiger partial charge is 0.0738 e. The second kappa shape index (κ2) is 3.40. The second-order valence-electron chi connectivity index (χ2n) is 2.18. The van der Waals surface area contributed by atoms with E-state index in [9.17, 15) is 0 Å². The van der Waals surface area contributed by atoms with Gasteiger partial charge in [0.15, 0.2) is 0 Å². The molecule has 0 amide bonds. The molecule has 1 aromatic heterocycles.